The molecular formula is C28H15BF15PSi-. The Morgan fingerprint density at radius 1 is 0.413 bits per heavy atom. The normalized spacial score (nSPS) is 12.7. The van der Waals surface area contributed by atoms with Crippen molar-refractivity contribution >= 4 is 43.4 Å². The minimum absolute atomic E-state index is 0.245. The van der Waals surface area contributed by atoms with Gasteiger partial charge in [-0.05, 0) is 0 Å². The monoisotopic (exact) mass is 706 g/mol. The third kappa shape index (κ3) is 5.00. The van der Waals surface area contributed by atoms with Crippen LogP contribution >= 0.6 is 7.35 Å². The molecule has 18 heteroatoms. The minimum Gasteiger partial charge on any atom is -0.241 e. The maximum absolute atomic E-state index is 16.0. The summed E-state index contributed by atoms with van der Waals surface area (Å²) in [7, 11) is -6.28. The van der Waals surface area contributed by atoms with Crippen molar-refractivity contribution in [2.24, 2.45) is 0 Å². The Kier molecular flexibility index (Phi) is 9.98. The van der Waals surface area contributed by atoms with Gasteiger partial charge in [0.15, 0.2) is 52.4 Å². The quantitative estimate of drug-likeness (QED) is 0.0584. The van der Waals surface area contributed by atoms with Crippen molar-refractivity contribution in [3.05, 3.63) is 118 Å². The molecule has 0 aromatic heterocycles. The third-order valence-corrected chi connectivity index (χ3v) is 18.2. The van der Waals surface area contributed by atoms with Gasteiger partial charge in [-0.3, -0.25) is 0 Å². The second-order valence-corrected chi connectivity index (χ2v) is 17.7. The van der Waals surface area contributed by atoms with Crippen LogP contribution in [-0.4, -0.2) is 14.3 Å². The SMILES string of the molecule is CC[Si](CC)P(c1ccccc1)[B-](c1c(F)c(F)c(F)c(F)c1F)(c1c(F)c(F)c(F)c(F)c1F)c1c(F)c(F)c(F)c(F)c1F. The van der Waals surface area contributed by atoms with Gasteiger partial charge in [0.25, 0.3) is 0 Å². The van der Waals surface area contributed by atoms with Crippen LogP contribution in [0.5, 0.6) is 0 Å². The Labute approximate surface area is 252 Å². The minimum atomic E-state index is -5.62. The number of halogens is 15. The van der Waals surface area contributed by atoms with E-state index >= 15 is 26.3 Å². The van der Waals surface area contributed by atoms with Crippen LogP contribution in [0.1, 0.15) is 13.8 Å². The van der Waals surface area contributed by atoms with Gasteiger partial charge in [-0.1, -0.05) is 61.6 Å². The van der Waals surface area contributed by atoms with Crippen LogP contribution in [0.3, 0.4) is 0 Å². The average Bonchev–Trinajstić information content (AvgIpc) is 3.05. The van der Waals surface area contributed by atoms with Gasteiger partial charge in [0.1, 0.15) is 40.8 Å². The van der Waals surface area contributed by atoms with Gasteiger partial charge in [0.2, 0.25) is 0 Å². The summed E-state index contributed by atoms with van der Waals surface area (Å²) >= 11 is 0. The lowest BCUT2D eigenvalue weighted by atomic mass is 9.33. The van der Waals surface area contributed by atoms with Crippen molar-refractivity contribution in [1.29, 1.82) is 0 Å². The molecule has 4 aromatic carbocycles. The molecule has 0 bridgehead atoms. The molecule has 1 atom stereocenters. The van der Waals surface area contributed by atoms with Gasteiger partial charge in [-0.15, -0.1) is 16.4 Å². The molecule has 1 radical (unpaired) electrons. The molecule has 0 saturated heterocycles. The highest BCUT2D eigenvalue weighted by atomic mass is 31.4. The molecule has 0 aliphatic rings. The van der Waals surface area contributed by atoms with E-state index in [2.05, 4.69) is 0 Å². The van der Waals surface area contributed by atoms with Crippen LogP contribution in [0.25, 0.3) is 0 Å². The maximum atomic E-state index is 16.0. The summed E-state index contributed by atoms with van der Waals surface area (Å²) in [5.41, 5.74) is -7.62. The molecule has 0 N–H and O–H groups in total. The van der Waals surface area contributed by atoms with Gasteiger partial charge >= 0.3 is 0 Å². The van der Waals surface area contributed by atoms with Gasteiger partial charge in [0.05, 0.1) is 0 Å². The lowest BCUT2D eigenvalue weighted by Crippen LogP contribution is -2.74. The number of benzene rings is 4. The van der Waals surface area contributed by atoms with Crippen molar-refractivity contribution in [3.8, 4) is 0 Å². The Morgan fingerprint density at radius 2 is 0.652 bits per heavy atom. The van der Waals surface area contributed by atoms with Crippen LogP contribution in [0.15, 0.2) is 30.3 Å². The third-order valence-electron chi connectivity index (χ3n) is 7.56. The van der Waals surface area contributed by atoms with E-state index in [1.807, 2.05) is 0 Å². The molecule has 0 aliphatic carbocycles. The fraction of sp³-hybridized carbons (Fsp3) is 0.143. The van der Waals surface area contributed by atoms with Crippen LogP contribution < -0.4 is 21.7 Å². The maximum Gasteiger partial charge on any atom is 0.200 e. The highest BCUT2D eigenvalue weighted by Crippen LogP contribution is 2.52. The molecule has 46 heavy (non-hydrogen) atoms. The molecule has 0 amide bonds. The predicted molar refractivity (Wildman–Crippen MR) is 143 cm³/mol. The highest BCUT2D eigenvalue weighted by molar-refractivity contribution is 8.24. The van der Waals surface area contributed by atoms with E-state index in [9.17, 15) is 39.5 Å². The lowest BCUT2D eigenvalue weighted by molar-refractivity contribution is 0.380. The molecule has 1 unspecified atom stereocenters. The summed E-state index contributed by atoms with van der Waals surface area (Å²) in [4.78, 5) is 0. The van der Waals surface area contributed by atoms with E-state index in [4.69, 9.17) is 0 Å². The fourth-order valence-electron chi connectivity index (χ4n) is 5.65. The molecule has 245 valence electrons. The molecular weight excluding hydrogens is 691 g/mol. The van der Waals surface area contributed by atoms with Crippen molar-refractivity contribution < 1.29 is 65.9 Å². The largest absolute Gasteiger partial charge is 0.241 e. The molecule has 4 aromatic rings. The van der Waals surface area contributed by atoms with Gasteiger partial charge < -0.3 is 0 Å². The standard InChI is InChI=1S/C28H15BF15PSi/c1-3-46(4-2)45(10-8-6-5-7-9-10)29(11-14(30)20(36)26(42)21(37)15(11)31,12-16(32)22(38)27(43)23(39)17(12)33)13-18(34)24(40)28(44)25(41)19(13)35/h5-9H,3-4H2,1-2H3/q-1. The topological polar surface area (TPSA) is 0 Å². The second-order valence-electron chi connectivity index (χ2n) is 9.75. The van der Waals surface area contributed by atoms with Crippen LogP contribution in [0, 0.1) is 87.3 Å². The smallest absolute Gasteiger partial charge is 0.200 e. The Balaban J connectivity index is 2.62. The van der Waals surface area contributed by atoms with Crippen molar-refractivity contribution in [1.82, 2.24) is 0 Å². The highest BCUT2D eigenvalue weighted by Gasteiger charge is 2.53. The molecule has 0 saturated carbocycles. The zero-order valence-corrected chi connectivity index (χ0v) is 24.9. The molecule has 4 rings (SSSR count). The van der Waals surface area contributed by atoms with E-state index in [1.165, 1.54) is 19.9 Å². The summed E-state index contributed by atoms with van der Waals surface area (Å²) in [6.07, 6.45) is 0. The van der Waals surface area contributed by atoms with Crippen LogP contribution in [-0.2, 0) is 0 Å². The average molecular weight is 706 g/mol. The predicted octanol–water partition coefficient (Wildman–Crippen LogP) is 7.58. The molecule has 0 nitrogen and oxygen atoms in total. The summed E-state index contributed by atoms with van der Waals surface area (Å²) in [5.74, 6) is -50.2. The van der Waals surface area contributed by atoms with Gasteiger partial charge in [-0.2, -0.15) is 0 Å². The van der Waals surface area contributed by atoms with E-state index < -0.39 is 131 Å². The summed E-state index contributed by atoms with van der Waals surface area (Å²) in [6, 6.07) is 5.02. The first-order valence-corrected chi connectivity index (χ1v) is 17.1. The second kappa shape index (κ2) is 13.0. The lowest BCUT2D eigenvalue weighted by Gasteiger charge is -2.53. The zero-order chi connectivity index (χ0) is 34.6. The Hall–Kier alpha value is -3.46. The van der Waals surface area contributed by atoms with Crippen LogP contribution in [0.2, 0.25) is 12.1 Å². The fourth-order valence-corrected chi connectivity index (χ4v) is 16.5. The van der Waals surface area contributed by atoms with Gasteiger partial charge in [-0.25, -0.2) is 73.2 Å². The zero-order valence-electron chi connectivity index (χ0n) is 23.0. The number of hydrogen-bond donors (Lipinski definition) is 0. The number of rotatable bonds is 8. The van der Waals surface area contributed by atoms with Crippen molar-refractivity contribution in [3.63, 3.8) is 0 Å². The number of hydrogen-bond acceptors (Lipinski definition) is 0. The first-order valence-electron chi connectivity index (χ1n) is 12.9. The molecule has 0 fully saturated rings. The van der Waals surface area contributed by atoms with E-state index in [-0.39, 0.29) is 12.1 Å². The van der Waals surface area contributed by atoms with Crippen LogP contribution in [0.4, 0.5) is 65.9 Å². The van der Waals surface area contributed by atoms with E-state index in [0.717, 1.165) is 24.3 Å². The summed E-state index contributed by atoms with van der Waals surface area (Å²) in [5, 5.41) is -0.424. The summed E-state index contributed by atoms with van der Waals surface area (Å²) in [6.45, 7) is 2.62. The van der Waals surface area contributed by atoms with Crippen molar-refractivity contribution in [2.75, 3.05) is 0 Å². The molecule has 0 spiro atoms. The first kappa shape index (κ1) is 35.4. The molecule has 0 aliphatic heterocycles. The van der Waals surface area contributed by atoms with E-state index in [1.54, 1.807) is 0 Å². The van der Waals surface area contributed by atoms with Gasteiger partial charge in [0, 0.05) is 8.46 Å². The Bertz CT molecular complexity index is 1590. The van der Waals surface area contributed by atoms with E-state index in [0.29, 0.717) is 0 Å². The first-order chi connectivity index (χ1) is 21.5. The summed E-state index contributed by atoms with van der Waals surface area (Å²) < 4.78 is 229. The Morgan fingerprint density at radius 3 is 0.891 bits per heavy atom. The van der Waals surface area contributed by atoms with Crippen molar-refractivity contribution in [2.45, 2.75) is 25.9 Å². The molecule has 0 heterocycles.